The van der Waals surface area contributed by atoms with Gasteiger partial charge in [-0.1, -0.05) is 0 Å². The number of aryl methyl sites for hydroxylation is 1. The molecule has 1 aliphatic heterocycles. The zero-order chi connectivity index (χ0) is 22.5. The number of methoxy groups -OCH3 is 2. The van der Waals surface area contributed by atoms with E-state index in [1.807, 2.05) is 0 Å². The molecule has 1 fully saturated rings. The van der Waals surface area contributed by atoms with E-state index in [1.54, 1.807) is 22.8 Å². The van der Waals surface area contributed by atoms with Gasteiger partial charge in [-0.15, -0.1) is 0 Å². The van der Waals surface area contributed by atoms with Crippen molar-refractivity contribution in [1.82, 2.24) is 20.0 Å². The Bertz CT molecular complexity index is 980. The maximum absolute atomic E-state index is 13.0. The minimum Gasteiger partial charge on any atom is -0.493 e. The van der Waals surface area contributed by atoms with Crippen LogP contribution in [0.4, 0.5) is 5.69 Å². The molecular weight excluding hydrogens is 406 g/mol. The van der Waals surface area contributed by atoms with Gasteiger partial charge in [0.2, 0.25) is 0 Å². The summed E-state index contributed by atoms with van der Waals surface area (Å²) >= 11 is 0. The highest BCUT2D eigenvalue weighted by molar-refractivity contribution is 5.99. The van der Waals surface area contributed by atoms with Gasteiger partial charge in [0.15, 0.2) is 11.5 Å². The molecule has 2 aromatic rings. The lowest BCUT2D eigenvalue weighted by Gasteiger charge is -2.32. The van der Waals surface area contributed by atoms with Crippen molar-refractivity contribution in [2.24, 2.45) is 13.0 Å². The van der Waals surface area contributed by atoms with Crippen LogP contribution in [0, 0.1) is 16.0 Å². The largest absolute Gasteiger partial charge is 0.493 e. The van der Waals surface area contributed by atoms with Crippen LogP contribution in [0.15, 0.2) is 24.5 Å². The topological polar surface area (TPSA) is 129 Å². The number of rotatable bonds is 7. The van der Waals surface area contributed by atoms with Gasteiger partial charge in [-0.3, -0.25) is 24.4 Å². The molecular formula is C20H25N5O6. The van der Waals surface area contributed by atoms with E-state index in [2.05, 4.69) is 10.4 Å². The van der Waals surface area contributed by atoms with Gasteiger partial charge in [0.1, 0.15) is 5.56 Å². The predicted octanol–water partition coefficient (Wildman–Crippen LogP) is 1.63. The van der Waals surface area contributed by atoms with Crippen molar-refractivity contribution < 1.29 is 24.0 Å². The molecule has 0 atom stereocenters. The summed E-state index contributed by atoms with van der Waals surface area (Å²) in [6.07, 6.45) is 4.51. The van der Waals surface area contributed by atoms with E-state index < -0.39 is 10.8 Å². The number of likely N-dealkylation sites (tertiary alicyclic amines) is 1. The number of amides is 2. The van der Waals surface area contributed by atoms with Crippen molar-refractivity contribution in [3.8, 4) is 11.5 Å². The standard InChI is InChI=1S/C20H25N5O6/c1-23-12-14(11-22-23)19(26)21-10-13-4-6-24(7-5-13)20(27)15-8-17(30-2)18(31-3)9-16(15)25(28)29/h8-9,11-13H,4-7,10H2,1-3H3,(H,21,26). The van der Waals surface area contributed by atoms with Crippen molar-refractivity contribution in [2.75, 3.05) is 33.9 Å². The number of nitrogens with zero attached hydrogens (tertiary/aromatic N) is 4. The van der Waals surface area contributed by atoms with Crippen molar-refractivity contribution >= 4 is 17.5 Å². The maximum atomic E-state index is 13.0. The molecule has 3 rings (SSSR count). The summed E-state index contributed by atoms with van der Waals surface area (Å²) < 4.78 is 11.9. The summed E-state index contributed by atoms with van der Waals surface area (Å²) in [4.78, 5) is 37.6. The summed E-state index contributed by atoms with van der Waals surface area (Å²) in [7, 11) is 4.52. The van der Waals surface area contributed by atoms with E-state index in [4.69, 9.17) is 9.47 Å². The summed E-state index contributed by atoms with van der Waals surface area (Å²) in [5.74, 6) is 0.0429. The quantitative estimate of drug-likeness (QED) is 0.521. The fourth-order valence-corrected chi connectivity index (χ4v) is 3.58. The number of carbonyl (C=O) groups excluding carboxylic acids is 2. The molecule has 0 aliphatic carbocycles. The number of benzene rings is 1. The van der Waals surface area contributed by atoms with Gasteiger partial charge < -0.3 is 19.7 Å². The zero-order valence-corrected chi connectivity index (χ0v) is 17.7. The number of hydrogen-bond acceptors (Lipinski definition) is 7. The average molecular weight is 431 g/mol. The van der Waals surface area contributed by atoms with Crippen LogP contribution in [0.2, 0.25) is 0 Å². The monoisotopic (exact) mass is 431 g/mol. The second kappa shape index (κ2) is 9.45. The van der Waals surface area contributed by atoms with Gasteiger partial charge in [0.25, 0.3) is 17.5 Å². The van der Waals surface area contributed by atoms with Crippen LogP contribution in [-0.4, -0.2) is 65.3 Å². The van der Waals surface area contributed by atoms with Crippen LogP contribution in [0.1, 0.15) is 33.6 Å². The third kappa shape index (κ3) is 4.93. The molecule has 2 amide bonds. The molecule has 31 heavy (non-hydrogen) atoms. The molecule has 0 unspecified atom stereocenters. The lowest BCUT2D eigenvalue weighted by atomic mass is 9.96. The molecule has 0 bridgehead atoms. The Labute approximate surface area is 179 Å². The predicted molar refractivity (Wildman–Crippen MR) is 110 cm³/mol. The van der Waals surface area contributed by atoms with E-state index >= 15 is 0 Å². The van der Waals surface area contributed by atoms with E-state index in [-0.39, 0.29) is 34.6 Å². The number of hydrogen-bond donors (Lipinski definition) is 1. The summed E-state index contributed by atoms with van der Waals surface area (Å²) in [5.41, 5.74) is 0.135. The van der Waals surface area contributed by atoms with Gasteiger partial charge >= 0.3 is 0 Å². The molecule has 0 spiro atoms. The molecule has 1 aliphatic rings. The summed E-state index contributed by atoms with van der Waals surface area (Å²) in [6.45, 7) is 1.38. The van der Waals surface area contributed by atoms with Gasteiger partial charge in [-0.2, -0.15) is 5.10 Å². The Balaban J connectivity index is 1.62. The van der Waals surface area contributed by atoms with Gasteiger partial charge in [-0.05, 0) is 18.8 Å². The molecule has 11 nitrogen and oxygen atoms in total. The molecule has 1 N–H and O–H groups in total. The lowest BCUT2D eigenvalue weighted by Crippen LogP contribution is -2.41. The minimum atomic E-state index is -0.601. The first-order chi connectivity index (χ1) is 14.8. The third-order valence-electron chi connectivity index (χ3n) is 5.35. The molecule has 2 heterocycles. The highest BCUT2D eigenvalue weighted by atomic mass is 16.6. The number of nitrogens with one attached hydrogen (secondary N) is 1. The first kappa shape index (κ1) is 22.1. The number of nitro groups is 1. The Hall–Kier alpha value is -3.63. The van der Waals surface area contributed by atoms with E-state index in [9.17, 15) is 19.7 Å². The highest BCUT2D eigenvalue weighted by Crippen LogP contribution is 2.35. The van der Waals surface area contributed by atoms with E-state index in [1.165, 1.54) is 32.5 Å². The Morgan fingerprint density at radius 1 is 1.23 bits per heavy atom. The molecule has 1 saturated heterocycles. The zero-order valence-electron chi connectivity index (χ0n) is 17.7. The Morgan fingerprint density at radius 2 is 1.87 bits per heavy atom. The number of piperidine rings is 1. The van der Waals surface area contributed by atoms with Crippen molar-refractivity contribution in [3.05, 3.63) is 45.8 Å². The second-order valence-corrected chi connectivity index (χ2v) is 7.33. The van der Waals surface area contributed by atoms with E-state index in [0.717, 1.165) is 0 Å². The normalized spacial score (nSPS) is 14.2. The first-order valence-electron chi connectivity index (χ1n) is 9.80. The Morgan fingerprint density at radius 3 is 2.42 bits per heavy atom. The molecule has 166 valence electrons. The minimum absolute atomic E-state index is 0.0361. The van der Waals surface area contributed by atoms with Crippen molar-refractivity contribution in [2.45, 2.75) is 12.8 Å². The van der Waals surface area contributed by atoms with Crippen LogP contribution < -0.4 is 14.8 Å². The van der Waals surface area contributed by atoms with Crippen LogP contribution in [0.25, 0.3) is 0 Å². The van der Waals surface area contributed by atoms with Crippen LogP contribution in [0.3, 0.4) is 0 Å². The van der Waals surface area contributed by atoms with E-state index in [0.29, 0.717) is 38.0 Å². The van der Waals surface area contributed by atoms with Crippen LogP contribution in [-0.2, 0) is 7.05 Å². The lowest BCUT2D eigenvalue weighted by molar-refractivity contribution is -0.385. The smallest absolute Gasteiger partial charge is 0.286 e. The maximum Gasteiger partial charge on any atom is 0.286 e. The van der Waals surface area contributed by atoms with Crippen LogP contribution >= 0.6 is 0 Å². The molecule has 1 aromatic carbocycles. The first-order valence-corrected chi connectivity index (χ1v) is 9.80. The SMILES string of the molecule is COc1cc(C(=O)N2CCC(CNC(=O)c3cnn(C)c3)CC2)c([N+](=O)[O-])cc1OC. The molecule has 1 aromatic heterocycles. The third-order valence-corrected chi connectivity index (χ3v) is 5.35. The molecule has 0 saturated carbocycles. The average Bonchev–Trinajstić information content (AvgIpc) is 3.22. The molecule has 11 heteroatoms. The van der Waals surface area contributed by atoms with Crippen LogP contribution in [0.5, 0.6) is 11.5 Å². The fourth-order valence-electron chi connectivity index (χ4n) is 3.58. The van der Waals surface area contributed by atoms with Gasteiger partial charge in [0.05, 0.1) is 37.0 Å². The van der Waals surface area contributed by atoms with Gasteiger partial charge in [-0.25, -0.2) is 0 Å². The Kier molecular flexibility index (Phi) is 6.73. The fraction of sp³-hybridized carbons (Fsp3) is 0.450. The van der Waals surface area contributed by atoms with Gasteiger partial charge in [0, 0.05) is 38.9 Å². The number of carbonyl (C=O) groups is 2. The molecule has 0 radical (unpaired) electrons. The number of nitro benzene ring substituents is 1. The second-order valence-electron chi connectivity index (χ2n) is 7.33. The highest BCUT2D eigenvalue weighted by Gasteiger charge is 2.30. The van der Waals surface area contributed by atoms with Crippen molar-refractivity contribution in [3.63, 3.8) is 0 Å². The summed E-state index contributed by atoms with van der Waals surface area (Å²) in [5, 5.41) is 18.4. The van der Waals surface area contributed by atoms with Crippen molar-refractivity contribution in [1.29, 1.82) is 0 Å². The number of ether oxygens (including phenoxy) is 2. The number of aromatic nitrogens is 2. The summed E-state index contributed by atoms with van der Waals surface area (Å²) in [6, 6.07) is 2.55.